The fourth-order valence-corrected chi connectivity index (χ4v) is 15.9. The molecule has 1 aromatic heterocycles. The van der Waals surface area contributed by atoms with Crippen molar-refractivity contribution >= 4 is 31.8 Å². The molecular formula is C69H49NS. The van der Waals surface area contributed by atoms with Crippen LogP contribution in [0.3, 0.4) is 0 Å². The Balaban J connectivity index is 0.802. The van der Waals surface area contributed by atoms with Crippen molar-refractivity contribution in [2.75, 3.05) is 0 Å². The third-order valence-electron chi connectivity index (χ3n) is 15.1. The number of benzene rings is 11. The van der Waals surface area contributed by atoms with Gasteiger partial charge in [-0.05, 0) is 176 Å². The van der Waals surface area contributed by atoms with Gasteiger partial charge in [0.15, 0.2) is 0 Å². The molecule has 0 bridgehead atoms. The third-order valence-corrected chi connectivity index (χ3v) is 19.0. The SMILES string of the molecule is c1ccc(S(c2ccccc2)(c2ccccc2)c2cccc(-c3cccc(-c4cccc5c4-c4cc(Cc6ccc7c(c6)-c6cc(-n8c9ccccc9c9ccccc98)ccc6C7)ccc4C5)c3)c2)cc1. The van der Waals surface area contributed by atoms with Crippen molar-refractivity contribution in [2.45, 2.75) is 38.8 Å². The molecule has 0 saturated heterocycles. The molecule has 0 N–H and O–H groups in total. The highest BCUT2D eigenvalue weighted by Crippen LogP contribution is 2.73. The summed E-state index contributed by atoms with van der Waals surface area (Å²) in [5.41, 5.74) is 22.4. The molecule has 1 nitrogen and oxygen atoms in total. The molecule has 2 heteroatoms. The van der Waals surface area contributed by atoms with Crippen LogP contribution in [0.25, 0.3) is 72.0 Å². The Morgan fingerprint density at radius 1 is 0.310 bits per heavy atom. The molecule has 336 valence electrons. The van der Waals surface area contributed by atoms with E-state index in [-0.39, 0.29) is 0 Å². The van der Waals surface area contributed by atoms with Crippen molar-refractivity contribution in [3.05, 3.63) is 294 Å². The Labute approximate surface area is 417 Å². The minimum Gasteiger partial charge on any atom is -0.309 e. The lowest BCUT2D eigenvalue weighted by molar-refractivity contribution is 1.17. The average Bonchev–Trinajstić information content (AvgIpc) is 4.11. The molecule has 0 spiro atoms. The first kappa shape index (κ1) is 41.5. The van der Waals surface area contributed by atoms with Crippen LogP contribution in [0.4, 0.5) is 0 Å². The number of aromatic nitrogens is 1. The van der Waals surface area contributed by atoms with Crippen LogP contribution >= 0.6 is 10.0 Å². The fraction of sp³-hybridized carbons (Fsp3) is 0.0435. The van der Waals surface area contributed by atoms with E-state index in [1.54, 1.807) is 0 Å². The molecule has 0 aliphatic heterocycles. The van der Waals surface area contributed by atoms with Crippen LogP contribution in [-0.2, 0) is 19.3 Å². The Hall–Kier alpha value is -8.43. The maximum atomic E-state index is 2.48. The predicted molar refractivity (Wildman–Crippen MR) is 297 cm³/mol. The molecule has 0 amide bonds. The van der Waals surface area contributed by atoms with Gasteiger partial charge in [0.25, 0.3) is 0 Å². The van der Waals surface area contributed by atoms with Crippen molar-refractivity contribution in [1.29, 1.82) is 0 Å². The lowest BCUT2D eigenvalue weighted by Gasteiger charge is -2.42. The van der Waals surface area contributed by atoms with E-state index >= 15 is 0 Å². The number of rotatable bonds is 9. The van der Waals surface area contributed by atoms with Crippen molar-refractivity contribution in [3.63, 3.8) is 0 Å². The Kier molecular flexibility index (Phi) is 9.89. The summed E-state index contributed by atoms with van der Waals surface area (Å²) in [5, 5.41) is 2.58. The average molecular weight is 924 g/mol. The fourth-order valence-electron chi connectivity index (χ4n) is 11.9. The quantitative estimate of drug-likeness (QED) is 0.136. The van der Waals surface area contributed by atoms with Crippen LogP contribution in [0.5, 0.6) is 0 Å². The molecule has 12 aromatic rings. The second kappa shape index (κ2) is 16.9. The topological polar surface area (TPSA) is 4.93 Å². The van der Waals surface area contributed by atoms with Crippen LogP contribution in [0, 0.1) is 0 Å². The van der Waals surface area contributed by atoms with Crippen molar-refractivity contribution in [3.8, 4) is 50.2 Å². The van der Waals surface area contributed by atoms with E-state index in [1.807, 2.05) is 0 Å². The van der Waals surface area contributed by atoms with Crippen LogP contribution in [0.15, 0.2) is 280 Å². The molecule has 2 aliphatic carbocycles. The summed E-state index contributed by atoms with van der Waals surface area (Å²) in [5.74, 6) is 0. The summed E-state index contributed by atoms with van der Waals surface area (Å²) in [6, 6.07) is 98.0. The van der Waals surface area contributed by atoms with Crippen molar-refractivity contribution in [2.24, 2.45) is 0 Å². The van der Waals surface area contributed by atoms with E-state index in [1.165, 1.54) is 125 Å². The Bertz CT molecular complexity index is 3860. The maximum absolute atomic E-state index is 2.48. The number of para-hydroxylation sites is 2. The van der Waals surface area contributed by atoms with Crippen LogP contribution in [0.2, 0.25) is 0 Å². The molecule has 0 saturated carbocycles. The minimum absolute atomic E-state index is 0.879. The van der Waals surface area contributed by atoms with Crippen LogP contribution in [0.1, 0.15) is 33.4 Å². The predicted octanol–water partition coefficient (Wildman–Crippen LogP) is 18.2. The van der Waals surface area contributed by atoms with Crippen molar-refractivity contribution in [1.82, 2.24) is 4.57 Å². The van der Waals surface area contributed by atoms with E-state index < -0.39 is 10.0 Å². The number of fused-ring (bicyclic) bond motifs is 9. The number of hydrogen-bond donors (Lipinski definition) is 0. The monoisotopic (exact) mass is 923 g/mol. The van der Waals surface area contributed by atoms with E-state index in [0.29, 0.717) is 0 Å². The van der Waals surface area contributed by atoms with E-state index in [9.17, 15) is 0 Å². The van der Waals surface area contributed by atoms with Gasteiger partial charge < -0.3 is 4.57 Å². The molecule has 1 heterocycles. The standard InChI is InChI=1S/C69H49NS/c1-4-21-57(22-5-1)71(58-23-6-2-7-24-58,59-25-8-3-9-26-59)60-27-15-18-50(45-60)49-17-14-19-51(42-49)61-30-16-20-55-44-54-36-34-48(41-66(54)69(55)61)39-47-33-35-52-43-53-37-38-56(46-65(53)64(52)40-47)70-67-31-12-10-28-62(67)63-29-11-13-32-68(63)70/h1-38,40-42,45-46H,39,43-44H2. The zero-order valence-corrected chi connectivity index (χ0v) is 40.1. The van der Waals surface area contributed by atoms with Gasteiger partial charge in [-0.1, -0.05) is 182 Å². The highest BCUT2D eigenvalue weighted by molar-refractivity contribution is 8.34. The molecular weight excluding hydrogens is 875 g/mol. The van der Waals surface area contributed by atoms with Gasteiger partial charge in [-0.25, -0.2) is 0 Å². The molecule has 0 atom stereocenters. The third kappa shape index (κ3) is 6.85. The normalized spacial score (nSPS) is 12.7. The molecule has 2 aliphatic rings. The van der Waals surface area contributed by atoms with Gasteiger partial charge in [-0.2, -0.15) is 0 Å². The van der Waals surface area contributed by atoms with Gasteiger partial charge in [0.05, 0.1) is 11.0 Å². The molecule has 71 heavy (non-hydrogen) atoms. The summed E-state index contributed by atoms with van der Waals surface area (Å²) in [4.78, 5) is 5.30. The number of nitrogens with zero attached hydrogens (tertiary/aromatic N) is 1. The molecule has 14 rings (SSSR count). The molecule has 0 unspecified atom stereocenters. The summed E-state index contributed by atoms with van der Waals surface area (Å²) >= 11 is 0. The highest BCUT2D eigenvalue weighted by atomic mass is 32.3. The summed E-state index contributed by atoms with van der Waals surface area (Å²) in [6.45, 7) is 0. The number of hydrogen-bond acceptors (Lipinski definition) is 0. The van der Waals surface area contributed by atoms with Gasteiger partial charge in [-0.3, -0.25) is 0 Å². The van der Waals surface area contributed by atoms with Crippen molar-refractivity contribution < 1.29 is 0 Å². The summed E-state index contributed by atoms with van der Waals surface area (Å²) in [6.07, 6.45) is 2.80. The zero-order valence-electron chi connectivity index (χ0n) is 39.3. The highest BCUT2D eigenvalue weighted by Gasteiger charge is 2.33. The second-order valence-corrected chi connectivity index (χ2v) is 22.3. The smallest absolute Gasteiger partial charge is 0.0541 e. The van der Waals surface area contributed by atoms with Crippen LogP contribution in [-0.4, -0.2) is 4.57 Å². The Morgan fingerprint density at radius 3 is 1.44 bits per heavy atom. The lowest BCUT2D eigenvalue weighted by Crippen LogP contribution is -2.05. The van der Waals surface area contributed by atoms with E-state index in [0.717, 1.165) is 19.3 Å². The zero-order chi connectivity index (χ0) is 46.9. The van der Waals surface area contributed by atoms with E-state index in [2.05, 4.69) is 265 Å². The lowest BCUT2D eigenvalue weighted by atomic mass is 9.91. The van der Waals surface area contributed by atoms with Gasteiger partial charge in [0, 0.05) is 36.0 Å². The molecule has 0 fully saturated rings. The first-order valence-electron chi connectivity index (χ1n) is 24.8. The largest absolute Gasteiger partial charge is 0.309 e. The first-order chi connectivity index (χ1) is 35.2. The van der Waals surface area contributed by atoms with E-state index in [4.69, 9.17) is 0 Å². The minimum atomic E-state index is -1.81. The summed E-state index contributed by atoms with van der Waals surface area (Å²) < 4.78 is 2.44. The van der Waals surface area contributed by atoms with Gasteiger partial charge in [0.2, 0.25) is 0 Å². The maximum Gasteiger partial charge on any atom is 0.0541 e. The molecule has 11 aromatic carbocycles. The first-order valence-corrected chi connectivity index (χ1v) is 26.5. The Morgan fingerprint density at radius 2 is 0.789 bits per heavy atom. The van der Waals surface area contributed by atoms with Gasteiger partial charge in [0.1, 0.15) is 0 Å². The second-order valence-electron chi connectivity index (χ2n) is 19.2. The summed E-state index contributed by atoms with van der Waals surface area (Å²) in [7, 11) is -1.81. The van der Waals surface area contributed by atoms with Gasteiger partial charge >= 0.3 is 0 Å². The van der Waals surface area contributed by atoms with Crippen LogP contribution < -0.4 is 0 Å². The molecule has 0 radical (unpaired) electrons. The van der Waals surface area contributed by atoms with Gasteiger partial charge in [-0.15, -0.1) is 10.0 Å².